The molecule has 156 valence electrons. The molecule has 0 aromatic heterocycles. The first-order chi connectivity index (χ1) is 13.1. The number of ether oxygens (including phenoxy) is 1. The number of carbonyl (C=O) groups excluding carboxylic acids is 1. The van der Waals surface area contributed by atoms with Crippen molar-refractivity contribution in [2.45, 2.75) is 51.5 Å². The van der Waals surface area contributed by atoms with Crippen LogP contribution in [0.1, 0.15) is 46.0 Å². The minimum Gasteiger partial charge on any atom is -0.379 e. The molecule has 2 saturated heterocycles. The molecule has 2 aliphatic heterocycles. The summed E-state index contributed by atoms with van der Waals surface area (Å²) in [6.45, 7) is 14.9. The van der Waals surface area contributed by atoms with Gasteiger partial charge in [-0.25, -0.2) is 0 Å². The fourth-order valence-electron chi connectivity index (χ4n) is 5.02. The lowest BCUT2D eigenvalue weighted by Gasteiger charge is -2.48. The summed E-state index contributed by atoms with van der Waals surface area (Å²) in [5, 5.41) is 3.30. The van der Waals surface area contributed by atoms with Crippen molar-refractivity contribution in [3.8, 4) is 0 Å². The van der Waals surface area contributed by atoms with Gasteiger partial charge in [0.2, 0.25) is 5.91 Å². The number of hydrogen-bond donors (Lipinski definition) is 1. The van der Waals surface area contributed by atoms with Crippen molar-refractivity contribution in [1.29, 1.82) is 0 Å². The van der Waals surface area contributed by atoms with Gasteiger partial charge in [0.1, 0.15) is 0 Å². The van der Waals surface area contributed by atoms with Crippen LogP contribution in [0.5, 0.6) is 0 Å². The molecule has 0 spiro atoms. The molecule has 3 fully saturated rings. The van der Waals surface area contributed by atoms with Crippen LogP contribution in [0, 0.1) is 5.92 Å². The molecule has 1 aliphatic carbocycles. The number of rotatable bonds is 7. The lowest BCUT2D eigenvalue weighted by Crippen LogP contribution is -2.60. The SMILES string of the molecule is CC(C)CN1CCN(CC(=O)NCC2(N3CCOCC3)CCCCC2)CC1. The molecule has 6 heteroatoms. The highest BCUT2D eigenvalue weighted by atomic mass is 16.5. The number of hydrogen-bond acceptors (Lipinski definition) is 5. The van der Waals surface area contributed by atoms with Crippen LogP contribution < -0.4 is 5.32 Å². The van der Waals surface area contributed by atoms with Crippen molar-refractivity contribution in [2.75, 3.05) is 72.1 Å². The second-order valence-corrected chi connectivity index (χ2v) is 9.13. The Morgan fingerprint density at radius 3 is 2.22 bits per heavy atom. The lowest BCUT2D eigenvalue weighted by atomic mass is 9.79. The maximum absolute atomic E-state index is 12.6. The van der Waals surface area contributed by atoms with Gasteiger partial charge in [-0.1, -0.05) is 33.1 Å². The van der Waals surface area contributed by atoms with Gasteiger partial charge in [0.25, 0.3) is 0 Å². The Morgan fingerprint density at radius 2 is 1.59 bits per heavy atom. The van der Waals surface area contributed by atoms with Crippen LogP contribution >= 0.6 is 0 Å². The minimum absolute atomic E-state index is 0.160. The van der Waals surface area contributed by atoms with Crippen molar-refractivity contribution >= 4 is 5.91 Å². The molecule has 1 N–H and O–H groups in total. The number of piperazine rings is 1. The zero-order valence-corrected chi connectivity index (χ0v) is 17.5. The Balaban J connectivity index is 1.44. The van der Waals surface area contributed by atoms with Crippen LogP contribution in [0.4, 0.5) is 0 Å². The lowest BCUT2D eigenvalue weighted by molar-refractivity contribution is -0.124. The maximum atomic E-state index is 12.6. The Hall–Kier alpha value is -0.690. The molecule has 27 heavy (non-hydrogen) atoms. The number of carbonyl (C=O) groups is 1. The quantitative estimate of drug-likeness (QED) is 0.724. The van der Waals surface area contributed by atoms with Crippen LogP contribution in [-0.4, -0.2) is 98.3 Å². The Kier molecular flexibility index (Phi) is 7.94. The molecule has 3 aliphatic rings. The molecule has 0 radical (unpaired) electrons. The first-order valence-corrected chi connectivity index (χ1v) is 11.1. The highest BCUT2D eigenvalue weighted by Gasteiger charge is 2.38. The van der Waals surface area contributed by atoms with E-state index in [0.29, 0.717) is 12.5 Å². The summed E-state index contributed by atoms with van der Waals surface area (Å²) in [5.74, 6) is 0.914. The minimum atomic E-state index is 0.160. The van der Waals surface area contributed by atoms with E-state index in [-0.39, 0.29) is 11.4 Å². The van der Waals surface area contributed by atoms with E-state index < -0.39 is 0 Å². The van der Waals surface area contributed by atoms with Crippen LogP contribution in [-0.2, 0) is 9.53 Å². The molecular weight excluding hydrogens is 340 g/mol. The average molecular weight is 381 g/mol. The molecule has 0 atom stereocenters. The van der Waals surface area contributed by atoms with Crippen LogP contribution in [0.25, 0.3) is 0 Å². The topological polar surface area (TPSA) is 48.0 Å². The van der Waals surface area contributed by atoms with E-state index in [2.05, 4.69) is 33.9 Å². The number of morpholine rings is 1. The Morgan fingerprint density at radius 1 is 0.963 bits per heavy atom. The maximum Gasteiger partial charge on any atom is 0.234 e. The van der Waals surface area contributed by atoms with Crippen molar-refractivity contribution in [3.63, 3.8) is 0 Å². The van der Waals surface area contributed by atoms with Gasteiger partial charge in [-0.2, -0.15) is 0 Å². The summed E-state index contributed by atoms with van der Waals surface area (Å²) in [6, 6.07) is 0. The number of nitrogens with zero attached hydrogens (tertiary/aromatic N) is 3. The molecule has 3 rings (SSSR count). The van der Waals surface area contributed by atoms with Gasteiger partial charge in [-0.15, -0.1) is 0 Å². The fourth-order valence-corrected chi connectivity index (χ4v) is 5.02. The van der Waals surface area contributed by atoms with Gasteiger partial charge in [0.05, 0.1) is 19.8 Å². The van der Waals surface area contributed by atoms with Gasteiger partial charge in [-0.3, -0.25) is 14.6 Å². The number of amides is 1. The predicted molar refractivity (Wildman–Crippen MR) is 109 cm³/mol. The van der Waals surface area contributed by atoms with E-state index in [0.717, 1.165) is 59.0 Å². The molecule has 0 unspecified atom stereocenters. The van der Waals surface area contributed by atoms with Crippen LogP contribution in [0.3, 0.4) is 0 Å². The summed E-state index contributed by atoms with van der Waals surface area (Å²) in [7, 11) is 0. The van der Waals surface area contributed by atoms with E-state index in [9.17, 15) is 4.79 Å². The third-order valence-corrected chi connectivity index (χ3v) is 6.54. The monoisotopic (exact) mass is 380 g/mol. The van der Waals surface area contributed by atoms with Crippen molar-refractivity contribution in [1.82, 2.24) is 20.0 Å². The molecule has 6 nitrogen and oxygen atoms in total. The third-order valence-electron chi connectivity index (χ3n) is 6.54. The Bertz CT molecular complexity index is 451. The number of nitrogens with one attached hydrogen (secondary N) is 1. The van der Waals surface area contributed by atoms with E-state index in [1.54, 1.807) is 0 Å². The fraction of sp³-hybridized carbons (Fsp3) is 0.952. The largest absolute Gasteiger partial charge is 0.379 e. The van der Waals surface area contributed by atoms with E-state index >= 15 is 0 Å². The average Bonchev–Trinajstić information content (AvgIpc) is 2.69. The molecule has 1 saturated carbocycles. The molecular formula is C21H40N4O2. The second-order valence-electron chi connectivity index (χ2n) is 9.13. The van der Waals surface area contributed by atoms with Crippen LogP contribution in [0.2, 0.25) is 0 Å². The first-order valence-electron chi connectivity index (χ1n) is 11.1. The van der Waals surface area contributed by atoms with Crippen molar-refractivity contribution < 1.29 is 9.53 Å². The summed E-state index contributed by atoms with van der Waals surface area (Å²) in [6.07, 6.45) is 6.32. The summed E-state index contributed by atoms with van der Waals surface area (Å²) < 4.78 is 5.55. The highest BCUT2D eigenvalue weighted by Crippen LogP contribution is 2.33. The van der Waals surface area contributed by atoms with Crippen molar-refractivity contribution in [3.05, 3.63) is 0 Å². The van der Waals surface area contributed by atoms with E-state index in [4.69, 9.17) is 4.74 Å². The van der Waals surface area contributed by atoms with Crippen LogP contribution in [0.15, 0.2) is 0 Å². The molecule has 0 aromatic carbocycles. The second kappa shape index (κ2) is 10.2. The summed E-state index contributed by atoms with van der Waals surface area (Å²) in [5.41, 5.74) is 0.160. The van der Waals surface area contributed by atoms with E-state index in [1.165, 1.54) is 38.6 Å². The van der Waals surface area contributed by atoms with Gasteiger partial charge < -0.3 is 15.0 Å². The first kappa shape index (κ1) is 21.0. The normalized spacial score (nSPS) is 25.6. The van der Waals surface area contributed by atoms with Gasteiger partial charge in [0.15, 0.2) is 0 Å². The van der Waals surface area contributed by atoms with Gasteiger partial charge in [0, 0.05) is 57.9 Å². The molecule has 2 heterocycles. The zero-order valence-electron chi connectivity index (χ0n) is 17.5. The zero-order chi connectivity index (χ0) is 19.1. The van der Waals surface area contributed by atoms with Gasteiger partial charge >= 0.3 is 0 Å². The Labute approximate surface area is 165 Å². The van der Waals surface area contributed by atoms with Gasteiger partial charge in [-0.05, 0) is 18.8 Å². The summed E-state index contributed by atoms with van der Waals surface area (Å²) in [4.78, 5) is 20.1. The molecule has 0 aromatic rings. The molecule has 1 amide bonds. The molecule has 0 bridgehead atoms. The predicted octanol–water partition coefficient (Wildman–Crippen LogP) is 1.41. The smallest absolute Gasteiger partial charge is 0.234 e. The standard InChI is InChI=1S/C21H40N4O2/c1-19(2)16-23-8-10-24(11-9-23)17-20(26)22-18-21(6-4-3-5-7-21)25-12-14-27-15-13-25/h19H,3-18H2,1-2H3,(H,22,26). The third kappa shape index (κ3) is 6.14. The highest BCUT2D eigenvalue weighted by molar-refractivity contribution is 5.78. The van der Waals surface area contributed by atoms with E-state index in [1.807, 2.05) is 0 Å². The summed E-state index contributed by atoms with van der Waals surface area (Å²) >= 11 is 0. The van der Waals surface area contributed by atoms with Crippen molar-refractivity contribution in [2.24, 2.45) is 5.92 Å².